The second-order valence-corrected chi connectivity index (χ2v) is 7.24. The minimum Gasteiger partial charge on any atom is -0.352 e. The van der Waals surface area contributed by atoms with Gasteiger partial charge < -0.3 is 9.80 Å². The van der Waals surface area contributed by atoms with Crippen molar-refractivity contribution in [2.45, 2.75) is 26.2 Å². The summed E-state index contributed by atoms with van der Waals surface area (Å²) in [5.74, 6) is 0.264. The van der Waals surface area contributed by atoms with E-state index >= 15 is 0 Å². The third kappa shape index (κ3) is 4.94. The lowest BCUT2D eigenvalue weighted by atomic mass is 10.0. The van der Waals surface area contributed by atoms with Crippen molar-refractivity contribution in [3.05, 3.63) is 90.3 Å². The fourth-order valence-electron chi connectivity index (χ4n) is 3.79. The van der Waals surface area contributed by atoms with E-state index in [1.807, 2.05) is 72.6 Å². The van der Waals surface area contributed by atoms with Crippen LogP contribution in [0.25, 0.3) is 0 Å². The summed E-state index contributed by atoms with van der Waals surface area (Å²) >= 11 is 0. The first kappa shape index (κ1) is 20.4. The van der Waals surface area contributed by atoms with Gasteiger partial charge in [0.15, 0.2) is 0 Å². The average molecular weight is 386 g/mol. The zero-order chi connectivity index (χ0) is 20.6. The third-order valence-electron chi connectivity index (χ3n) is 5.49. The summed E-state index contributed by atoms with van der Waals surface area (Å²) in [5.41, 5.74) is 3.95. The van der Waals surface area contributed by atoms with E-state index in [-0.39, 0.29) is 11.8 Å². The molecule has 0 bridgehead atoms. The molecule has 0 radical (unpaired) electrons. The maximum absolute atomic E-state index is 12.8. The largest absolute Gasteiger partial charge is 0.352 e. The molecular formula is C25H27N3O. The van der Waals surface area contributed by atoms with Crippen molar-refractivity contribution >= 4 is 11.6 Å². The van der Waals surface area contributed by atoms with Crippen molar-refractivity contribution < 1.29 is 4.79 Å². The minimum absolute atomic E-state index is 0.0469. The van der Waals surface area contributed by atoms with Gasteiger partial charge in [-0.25, -0.2) is 0 Å². The van der Waals surface area contributed by atoms with Crippen LogP contribution in [0, 0.1) is 17.2 Å². The number of nitriles is 1. The SMILES string of the molecule is C=CN(CCC1CCN(c2ccccc2)C1=O)/C(=C\C)Cc1ccc(C#N)cc1. The van der Waals surface area contributed by atoms with Crippen LogP contribution >= 0.6 is 0 Å². The standard InChI is InChI=1S/C25H27N3O/c1-3-23(18-20-10-12-21(19-26)13-11-20)27(4-2)16-14-22-15-17-28(25(22)29)24-8-6-5-7-9-24/h3-13,22H,2,14-18H2,1H3/b23-3-. The normalized spacial score (nSPS) is 16.6. The van der Waals surface area contributed by atoms with Gasteiger partial charge in [-0.3, -0.25) is 4.79 Å². The quantitative estimate of drug-likeness (QED) is 0.650. The summed E-state index contributed by atoms with van der Waals surface area (Å²) < 4.78 is 0. The number of para-hydroxylation sites is 1. The van der Waals surface area contributed by atoms with Gasteiger partial charge in [0.05, 0.1) is 11.6 Å². The molecule has 148 valence electrons. The van der Waals surface area contributed by atoms with Crippen LogP contribution in [0.4, 0.5) is 5.69 Å². The molecule has 0 aliphatic carbocycles. The van der Waals surface area contributed by atoms with E-state index in [0.29, 0.717) is 5.56 Å². The molecule has 3 rings (SSSR count). The van der Waals surface area contributed by atoms with Crippen molar-refractivity contribution in [3.8, 4) is 6.07 Å². The first-order valence-electron chi connectivity index (χ1n) is 10.1. The Kier molecular flexibility index (Phi) is 6.86. The van der Waals surface area contributed by atoms with Crippen molar-refractivity contribution in [2.75, 3.05) is 18.0 Å². The molecular weight excluding hydrogens is 358 g/mol. The number of carbonyl (C=O) groups is 1. The number of amides is 1. The van der Waals surface area contributed by atoms with Crippen molar-refractivity contribution in [1.82, 2.24) is 4.90 Å². The van der Waals surface area contributed by atoms with Crippen LogP contribution < -0.4 is 4.90 Å². The van der Waals surface area contributed by atoms with Gasteiger partial charge in [-0.1, -0.05) is 43.0 Å². The van der Waals surface area contributed by atoms with Crippen LogP contribution in [0.1, 0.15) is 30.9 Å². The van der Waals surface area contributed by atoms with E-state index in [0.717, 1.165) is 49.3 Å². The van der Waals surface area contributed by atoms with Crippen LogP contribution in [0.3, 0.4) is 0 Å². The first-order chi connectivity index (χ1) is 14.2. The summed E-state index contributed by atoms with van der Waals surface area (Å²) in [6, 6.07) is 19.7. The summed E-state index contributed by atoms with van der Waals surface area (Å²) in [6.07, 6.45) is 6.39. The number of hydrogen-bond acceptors (Lipinski definition) is 3. The fraction of sp³-hybridized carbons (Fsp3) is 0.280. The van der Waals surface area contributed by atoms with Gasteiger partial charge >= 0.3 is 0 Å². The Bertz CT molecular complexity index is 909. The predicted octanol–water partition coefficient (Wildman–Crippen LogP) is 4.89. The van der Waals surface area contributed by atoms with Crippen LogP contribution in [-0.4, -0.2) is 23.9 Å². The molecule has 1 atom stereocenters. The van der Waals surface area contributed by atoms with E-state index in [1.54, 1.807) is 0 Å². The molecule has 1 aliphatic rings. The number of nitrogens with zero attached hydrogens (tertiary/aromatic N) is 3. The smallest absolute Gasteiger partial charge is 0.230 e. The highest BCUT2D eigenvalue weighted by molar-refractivity contribution is 5.97. The Balaban J connectivity index is 1.59. The number of hydrogen-bond donors (Lipinski definition) is 0. The van der Waals surface area contributed by atoms with Crippen LogP contribution in [-0.2, 0) is 11.2 Å². The summed E-state index contributed by atoms with van der Waals surface area (Å²) in [7, 11) is 0. The molecule has 1 aliphatic heterocycles. The lowest BCUT2D eigenvalue weighted by molar-refractivity contribution is -0.120. The van der Waals surface area contributed by atoms with E-state index in [4.69, 9.17) is 5.26 Å². The van der Waals surface area contributed by atoms with Crippen molar-refractivity contribution in [3.63, 3.8) is 0 Å². The lowest BCUT2D eigenvalue weighted by Crippen LogP contribution is -2.29. The third-order valence-corrected chi connectivity index (χ3v) is 5.49. The molecule has 1 heterocycles. The van der Waals surface area contributed by atoms with E-state index in [2.05, 4.69) is 23.6 Å². The Labute approximate surface area is 173 Å². The maximum Gasteiger partial charge on any atom is 0.230 e. The van der Waals surface area contributed by atoms with E-state index in [1.165, 1.54) is 0 Å². The molecule has 1 fully saturated rings. The second-order valence-electron chi connectivity index (χ2n) is 7.24. The number of carbonyl (C=O) groups excluding carboxylic acids is 1. The molecule has 1 saturated heterocycles. The highest BCUT2D eigenvalue weighted by Crippen LogP contribution is 2.27. The molecule has 0 aromatic heterocycles. The zero-order valence-corrected chi connectivity index (χ0v) is 16.9. The topological polar surface area (TPSA) is 47.3 Å². The molecule has 4 heteroatoms. The van der Waals surface area contributed by atoms with Crippen LogP contribution in [0.2, 0.25) is 0 Å². The molecule has 0 N–H and O–H groups in total. The second kappa shape index (κ2) is 9.75. The fourth-order valence-corrected chi connectivity index (χ4v) is 3.79. The molecule has 1 amide bonds. The highest BCUT2D eigenvalue weighted by atomic mass is 16.2. The number of benzene rings is 2. The Morgan fingerprint density at radius 2 is 1.97 bits per heavy atom. The zero-order valence-electron chi connectivity index (χ0n) is 16.9. The van der Waals surface area contributed by atoms with Gasteiger partial charge in [-0.2, -0.15) is 5.26 Å². The first-order valence-corrected chi connectivity index (χ1v) is 10.1. The Hall–Kier alpha value is -3.32. The number of anilines is 1. The lowest BCUT2D eigenvalue weighted by Gasteiger charge is -2.25. The highest BCUT2D eigenvalue weighted by Gasteiger charge is 2.32. The predicted molar refractivity (Wildman–Crippen MR) is 117 cm³/mol. The monoisotopic (exact) mass is 385 g/mol. The van der Waals surface area contributed by atoms with Gasteiger partial charge in [-0.15, -0.1) is 0 Å². The molecule has 0 saturated carbocycles. The van der Waals surface area contributed by atoms with Gasteiger partial charge in [-0.05, 0) is 55.8 Å². The van der Waals surface area contributed by atoms with E-state index < -0.39 is 0 Å². The molecule has 2 aromatic rings. The summed E-state index contributed by atoms with van der Waals surface area (Å²) in [5, 5.41) is 8.96. The molecule has 2 aromatic carbocycles. The van der Waals surface area contributed by atoms with Gasteiger partial charge in [0.1, 0.15) is 0 Å². The molecule has 0 spiro atoms. The van der Waals surface area contributed by atoms with Crippen molar-refractivity contribution in [2.24, 2.45) is 5.92 Å². The summed E-state index contributed by atoms with van der Waals surface area (Å²) in [4.78, 5) is 16.9. The molecule has 1 unspecified atom stereocenters. The molecule has 29 heavy (non-hydrogen) atoms. The number of allylic oxidation sites excluding steroid dienone is 2. The van der Waals surface area contributed by atoms with E-state index in [9.17, 15) is 4.79 Å². The Morgan fingerprint density at radius 3 is 2.59 bits per heavy atom. The van der Waals surface area contributed by atoms with Crippen molar-refractivity contribution in [1.29, 1.82) is 5.26 Å². The average Bonchev–Trinajstić information content (AvgIpc) is 3.14. The van der Waals surface area contributed by atoms with Crippen LogP contribution in [0.15, 0.2) is 79.1 Å². The van der Waals surface area contributed by atoms with Crippen LogP contribution in [0.5, 0.6) is 0 Å². The number of rotatable bonds is 8. The van der Waals surface area contributed by atoms with Gasteiger partial charge in [0.25, 0.3) is 0 Å². The summed E-state index contributed by atoms with van der Waals surface area (Å²) in [6.45, 7) is 7.54. The molecule has 4 nitrogen and oxygen atoms in total. The van der Waals surface area contributed by atoms with Gasteiger partial charge in [0.2, 0.25) is 5.91 Å². The maximum atomic E-state index is 12.8. The minimum atomic E-state index is 0.0469. The van der Waals surface area contributed by atoms with Gasteiger partial charge in [0, 0.05) is 36.8 Å². The Morgan fingerprint density at radius 1 is 1.24 bits per heavy atom.